The van der Waals surface area contributed by atoms with Crippen LogP contribution in [0, 0.1) is 0 Å². The minimum Gasteiger partial charge on any atom is -0.481 e. The van der Waals surface area contributed by atoms with Crippen molar-refractivity contribution in [3.8, 4) is 5.88 Å². The summed E-state index contributed by atoms with van der Waals surface area (Å²) in [6, 6.07) is 7.69. The fourth-order valence-corrected chi connectivity index (χ4v) is 1.48. The molecule has 0 aromatic carbocycles. The van der Waals surface area contributed by atoms with E-state index in [4.69, 9.17) is 16.2 Å². The van der Waals surface area contributed by atoms with Gasteiger partial charge in [-0.05, 0) is 36.7 Å². The maximum absolute atomic E-state index is 5.41. The Balaban J connectivity index is 0.000000342. The van der Waals surface area contributed by atoms with Crippen LogP contribution in [0.5, 0.6) is 5.88 Å². The summed E-state index contributed by atoms with van der Waals surface area (Å²) in [6.07, 6.45) is 6.19. The Bertz CT molecular complexity index is 440. The van der Waals surface area contributed by atoms with Gasteiger partial charge >= 0.3 is 0 Å². The van der Waals surface area contributed by atoms with Gasteiger partial charge in [-0.2, -0.15) is 0 Å². The molecule has 0 aliphatic rings. The van der Waals surface area contributed by atoms with Gasteiger partial charge in [-0.15, -0.1) is 0 Å². The van der Waals surface area contributed by atoms with Crippen LogP contribution in [0.4, 0.5) is 0 Å². The molecule has 0 radical (unpaired) electrons. The first kappa shape index (κ1) is 19.0. The molecule has 0 atom stereocenters. The first-order valence-corrected chi connectivity index (χ1v) is 7.08. The number of aromatic nitrogens is 2. The van der Waals surface area contributed by atoms with E-state index in [2.05, 4.69) is 9.97 Å². The van der Waals surface area contributed by atoms with E-state index in [0.29, 0.717) is 19.0 Å². The number of hydrogen-bond donors (Lipinski definition) is 2. The molecule has 2 aromatic heterocycles. The lowest BCUT2D eigenvalue weighted by Crippen LogP contribution is -2.02. The van der Waals surface area contributed by atoms with Gasteiger partial charge in [-0.25, -0.2) is 4.98 Å². The van der Waals surface area contributed by atoms with Crippen LogP contribution in [0.3, 0.4) is 0 Å². The van der Waals surface area contributed by atoms with E-state index in [9.17, 15) is 0 Å². The molecule has 5 nitrogen and oxygen atoms in total. The summed E-state index contributed by atoms with van der Waals surface area (Å²) in [6.45, 7) is 5.18. The van der Waals surface area contributed by atoms with Crippen LogP contribution in [0.25, 0.3) is 0 Å². The topological polar surface area (TPSA) is 87.0 Å². The molecule has 116 valence electrons. The van der Waals surface area contributed by atoms with Crippen molar-refractivity contribution in [2.45, 2.75) is 26.8 Å². The molecule has 0 saturated carbocycles. The summed E-state index contributed by atoms with van der Waals surface area (Å²) >= 11 is 0. The molecule has 2 heterocycles. The molecular weight excluding hydrogens is 264 g/mol. The molecule has 0 amide bonds. The lowest BCUT2D eigenvalue weighted by molar-refractivity contribution is 0.392. The van der Waals surface area contributed by atoms with Crippen LogP contribution >= 0.6 is 0 Å². The number of hydrogen-bond acceptors (Lipinski definition) is 5. The Hall–Kier alpha value is -1.98. The summed E-state index contributed by atoms with van der Waals surface area (Å²) in [5.74, 6) is 0.616. The Labute approximate surface area is 127 Å². The van der Waals surface area contributed by atoms with Gasteiger partial charge in [0, 0.05) is 30.7 Å². The van der Waals surface area contributed by atoms with Gasteiger partial charge in [0.2, 0.25) is 5.88 Å². The zero-order chi connectivity index (χ0) is 15.9. The number of methoxy groups -OCH3 is 1. The molecule has 4 N–H and O–H groups in total. The highest BCUT2D eigenvalue weighted by molar-refractivity contribution is 5.24. The number of nitrogens with zero attached hydrogens (tertiary/aromatic N) is 2. The zero-order valence-corrected chi connectivity index (χ0v) is 13.1. The van der Waals surface area contributed by atoms with Crippen LogP contribution in [0.2, 0.25) is 0 Å². The number of pyridine rings is 2. The van der Waals surface area contributed by atoms with Gasteiger partial charge in [-0.3, -0.25) is 4.98 Å². The van der Waals surface area contributed by atoms with Gasteiger partial charge in [0.25, 0.3) is 0 Å². The molecule has 0 fully saturated rings. The highest BCUT2D eigenvalue weighted by Gasteiger charge is 1.97. The minimum atomic E-state index is 0.469. The normalized spacial score (nSPS) is 8.81. The average Bonchev–Trinajstić information content (AvgIpc) is 2.58. The van der Waals surface area contributed by atoms with E-state index >= 15 is 0 Å². The maximum Gasteiger partial charge on any atom is 0.217 e. The van der Waals surface area contributed by atoms with Crippen molar-refractivity contribution < 1.29 is 4.74 Å². The van der Waals surface area contributed by atoms with Crippen molar-refractivity contribution in [3.05, 3.63) is 54.0 Å². The Morgan fingerprint density at radius 1 is 1.05 bits per heavy atom. The maximum atomic E-state index is 5.41. The summed E-state index contributed by atoms with van der Waals surface area (Å²) in [4.78, 5) is 7.85. The van der Waals surface area contributed by atoms with E-state index in [1.807, 2.05) is 38.1 Å². The van der Waals surface area contributed by atoms with Crippen LogP contribution in [-0.4, -0.2) is 23.6 Å². The second kappa shape index (κ2) is 13.0. The molecular formula is C16H26N4O. The SMILES string of the molecule is CC.COc1ncccc1CN.NCCc1ccncc1. The lowest BCUT2D eigenvalue weighted by Gasteiger charge is -2.02. The largest absolute Gasteiger partial charge is 0.481 e. The number of rotatable bonds is 4. The highest BCUT2D eigenvalue weighted by Crippen LogP contribution is 2.11. The fourth-order valence-electron chi connectivity index (χ4n) is 1.48. The molecule has 0 unspecified atom stereocenters. The summed E-state index contributed by atoms with van der Waals surface area (Å²) < 4.78 is 4.95. The Morgan fingerprint density at radius 2 is 1.71 bits per heavy atom. The van der Waals surface area contributed by atoms with Gasteiger partial charge in [0.05, 0.1) is 7.11 Å². The molecule has 0 spiro atoms. The summed E-state index contributed by atoms with van der Waals surface area (Å²) in [5, 5.41) is 0. The van der Waals surface area contributed by atoms with E-state index in [0.717, 1.165) is 12.0 Å². The molecule has 0 saturated heterocycles. The molecule has 5 heteroatoms. The molecule has 2 aromatic rings. The third-order valence-corrected chi connectivity index (χ3v) is 2.45. The van der Waals surface area contributed by atoms with E-state index in [-0.39, 0.29) is 0 Å². The first-order chi connectivity index (χ1) is 10.3. The van der Waals surface area contributed by atoms with Crippen LogP contribution < -0.4 is 16.2 Å². The molecule has 0 aliphatic carbocycles. The molecule has 2 rings (SSSR count). The van der Waals surface area contributed by atoms with Crippen molar-refractivity contribution in [2.75, 3.05) is 13.7 Å². The Kier molecular flexibility index (Phi) is 11.8. The van der Waals surface area contributed by atoms with Gasteiger partial charge < -0.3 is 16.2 Å². The first-order valence-electron chi connectivity index (χ1n) is 7.08. The second-order valence-electron chi connectivity index (χ2n) is 3.77. The fraction of sp³-hybridized carbons (Fsp3) is 0.375. The Morgan fingerprint density at radius 3 is 2.19 bits per heavy atom. The highest BCUT2D eigenvalue weighted by atomic mass is 16.5. The molecule has 0 bridgehead atoms. The molecule has 21 heavy (non-hydrogen) atoms. The quantitative estimate of drug-likeness (QED) is 0.901. The average molecular weight is 290 g/mol. The van der Waals surface area contributed by atoms with Crippen molar-refractivity contribution in [3.63, 3.8) is 0 Å². The van der Waals surface area contributed by atoms with Crippen LogP contribution in [0.15, 0.2) is 42.9 Å². The van der Waals surface area contributed by atoms with E-state index < -0.39 is 0 Å². The lowest BCUT2D eigenvalue weighted by atomic mass is 10.2. The summed E-state index contributed by atoms with van der Waals surface area (Å²) in [7, 11) is 1.58. The van der Waals surface area contributed by atoms with Crippen molar-refractivity contribution in [1.82, 2.24) is 9.97 Å². The van der Waals surface area contributed by atoms with Crippen molar-refractivity contribution >= 4 is 0 Å². The van der Waals surface area contributed by atoms with Gasteiger partial charge in [0.15, 0.2) is 0 Å². The van der Waals surface area contributed by atoms with E-state index in [1.165, 1.54) is 5.56 Å². The number of nitrogens with two attached hydrogens (primary N) is 2. The zero-order valence-electron chi connectivity index (χ0n) is 13.1. The van der Waals surface area contributed by atoms with Crippen LogP contribution in [-0.2, 0) is 13.0 Å². The minimum absolute atomic E-state index is 0.469. The third-order valence-electron chi connectivity index (χ3n) is 2.45. The van der Waals surface area contributed by atoms with Gasteiger partial charge in [0.1, 0.15) is 0 Å². The van der Waals surface area contributed by atoms with E-state index in [1.54, 1.807) is 25.7 Å². The molecule has 0 aliphatic heterocycles. The standard InChI is InChI=1S/C7H10N2O.C7H10N2.C2H6/c1-10-7-6(5-8)3-2-4-9-7;8-4-1-7-2-5-9-6-3-7;1-2/h2-4H,5,8H2,1H3;2-3,5-6H,1,4,8H2;1-2H3. The van der Waals surface area contributed by atoms with Crippen LogP contribution in [0.1, 0.15) is 25.0 Å². The summed E-state index contributed by atoms with van der Waals surface area (Å²) in [5.41, 5.74) is 12.9. The predicted molar refractivity (Wildman–Crippen MR) is 87.0 cm³/mol. The monoisotopic (exact) mass is 290 g/mol. The van der Waals surface area contributed by atoms with Gasteiger partial charge in [-0.1, -0.05) is 19.9 Å². The third kappa shape index (κ3) is 8.02. The second-order valence-corrected chi connectivity index (χ2v) is 3.77. The smallest absolute Gasteiger partial charge is 0.217 e. The predicted octanol–water partition coefficient (Wildman–Crippen LogP) is 2.16. The number of ether oxygens (including phenoxy) is 1. The van der Waals surface area contributed by atoms with Crippen molar-refractivity contribution in [2.24, 2.45) is 11.5 Å². The van der Waals surface area contributed by atoms with Crippen molar-refractivity contribution in [1.29, 1.82) is 0 Å².